The van der Waals surface area contributed by atoms with Crippen LogP contribution in [-0.2, 0) is 10.0 Å². The van der Waals surface area contributed by atoms with Crippen LogP contribution < -0.4 is 15.4 Å². The van der Waals surface area contributed by atoms with Gasteiger partial charge in [0.25, 0.3) is 0 Å². The summed E-state index contributed by atoms with van der Waals surface area (Å²) in [6.07, 6.45) is 2.14. The molecule has 1 aromatic heterocycles. The molecule has 120 valence electrons. The average molecular weight is 332 g/mol. The van der Waals surface area contributed by atoms with Gasteiger partial charge in [-0.15, -0.1) is 11.3 Å². The highest BCUT2D eigenvalue weighted by Gasteiger charge is 2.13. The number of unbranched alkanes of at least 4 members (excludes halogenated alkanes) is 1. The molecule has 21 heavy (non-hydrogen) atoms. The molecule has 0 unspecified atom stereocenters. The first-order valence-electron chi connectivity index (χ1n) is 7.15. The maximum Gasteiger partial charge on any atom is 0.250 e. The summed E-state index contributed by atoms with van der Waals surface area (Å²) in [5, 5.41) is 7.99. The Bertz CT molecular complexity index is 512. The van der Waals surface area contributed by atoms with Crippen LogP contribution in [0.3, 0.4) is 0 Å². The SMILES string of the molecule is CCCCN=C(NCC)NCCNS(=O)(=O)c1cccs1. The minimum atomic E-state index is -3.38. The van der Waals surface area contributed by atoms with E-state index in [1.807, 2.05) is 6.92 Å². The van der Waals surface area contributed by atoms with Crippen LogP contribution in [0.2, 0.25) is 0 Å². The van der Waals surface area contributed by atoms with Crippen LogP contribution in [-0.4, -0.2) is 40.6 Å². The van der Waals surface area contributed by atoms with Gasteiger partial charge >= 0.3 is 0 Å². The molecule has 6 nitrogen and oxygen atoms in total. The molecule has 0 spiro atoms. The summed E-state index contributed by atoms with van der Waals surface area (Å²) in [6.45, 7) is 6.47. The Kier molecular flexibility index (Phi) is 8.33. The van der Waals surface area contributed by atoms with Crippen LogP contribution in [0.15, 0.2) is 26.7 Å². The largest absolute Gasteiger partial charge is 0.357 e. The van der Waals surface area contributed by atoms with E-state index >= 15 is 0 Å². The first-order chi connectivity index (χ1) is 10.1. The van der Waals surface area contributed by atoms with E-state index in [1.165, 1.54) is 11.3 Å². The van der Waals surface area contributed by atoms with Gasteiger partial charge < -0.3 is 10.6 Å². The molecule has 0 fully saturated rings. The normalized spacial score (nSPS) is 12.4. The second-order valence-electron chi connectivity index (χ2n) is 4.37. The fourth-order valence-corrected chi connectivity index (χ4v) is 3.61. The molecule has 1 aromatic rings. The lowest BCUT2D eigenvalue weighted by Crippen LogP contribution is -2.41. The van der Waals surface area contributed by atoms with Crippen molar-refractivity contribution in [2.45, 2.75) is 30.9 Å². The monoisotopic (exact) mass is 332 g/mol. The van der Waals surface area contributed by atoms with Gasteiger partial charge in [0.05, 0.1) is 0 Å². The van der Waals surface area contributed by atoms with E-state index in [4.69, 9.17) is 0 Å². The van der Waals surface area contributed by atoms with Crippen LogP contribution in [0.1, 0.15) is 26.7 Å². The van der Waals surface area contributed by atoms with Crippen LogP contribution in [0, 0.1) is 0 Å². The van der Waals surface area contributed by atoms with Gasteiger partial charge in [-0.25, -0.2) is 13.1 Å². The van der Waals surface area contributed by atoms with E-state index < -0.39 is 10.0 Å². The van der Waals surface area contributed by atoms with Crippen molar-refractivity contribution in [2.75, 3.05) is 26.2 Å². The summed E-state index contributed by atoms with van der Waals surface area (Å²) in [5.41, 5.74) is 0. The summed E-state index contributed by atoms with van der Waals surface area (Å²) < 4.78 is 26.7. The average Bonchev–Trinajstić information content (AvgIpc) is 2.98. The Morgan fingerprint density at radius 3 is 2.71 bits per heavy atom. The van der Waals surface area contributed by atoms with Gasteiger partial charge in [0.2, 0.25) is 10.0 Å². The number of nitrogens with zero attached hydrogens (tertiary/aromatic N) is 1. The van der Waals surface area contributed by atoms with Crippen molar-refractivity contribution < 1.29 is 8.42 Å². The molecule has 0 aliphatic carbocycles. The lowest BCUT2D eigenvalue weighted by atomic mass is 10.3. The minimum Gasteiger partial charge on any atom is -0.357 e. The van der Waals surface area contributed by atoms with Crippen molar-refractivity contribution in [3.8, 4) is 0 Å². The molecule has 0 radical (unpaired) electrons. The Morgan fingerprint density at radius 1 is 1.29 bits per heavy atom. The third kappa shape index (κ3) is 6.92. The zero-order valence-corrected chi connectivity index (χ0v) is 14.2. The summed E-state index contributed by atoms with van der Waals surface area (Å²) in [4.78, 5) is 4.41. The van der Waals surface area contributed by atoms with Crippen LogP contribution in [0.25, 0.3) is 0 Å². The molecule has 1 rings (SSSR count). The third-order valence-corrected chi connectivity index (χ3v) is 5.45. The molecule has 8 heteroatoms. The highest BCUT2D eigenvalue weighted by atomic mass is 32.2. The van der Waals surface area contributed by atoms with E-state index in [-0.39, 0.29) is 0 Å². The van der Waals surface area contributed by atoms with Crippen LogP contribution >= 0.6 is 11.3 Å². The van der Waals surface area contributed by atoms with E-state index in [0.29, 0.717) is 17.3 Å². The highest BCUT2D eigenvalue weighted by Crippen LogP contribution is 2.14. The van der Waals surface area contributed by atoms with Gasteiger partial charge in [0.1, 0.15) is 4.21 Å². The second-order valence-corrected chi connectivity index (χ2v) is 7.31. The molecule has 0 saturated carbocycles. The number of rotatable bonds is 9. The lowest BCUT2D eigenvalue weighted by Gasteiger charge is -2.11. The number of guanidine groups is 1. The summed E-state index contributed by atoms with van der Waals surface area (Å²) >= 11 is 1.21. The molecule has 0 atom stereocenters. The number of hydrogen-bond donors (Lipinski definition) is 3. The van der Waals surface area contributed by atoms with Crippen molar-refractivity contribution in [3.05, 3.63) is 17.5 Å². The van der Waals surface area contributed by atoms with E-state index in [1.54, 1.807) is 17.5 Å². The maximum absolute atomic E-state index is 11.9. The zero-order chi connectivity index (χ0) is 15.6. The quantitative estimate of drug-likeness (QED) is 0.362. The van der Waals surface area contributed by atoms with Crippen molar-refractivity contribution in [3.63, 3.8) is 0 Å². The first kappa shape index (κ1) is 17.9. The molecule has 0 bridgehead atoms. The Morgan fingerprint density at radius 2 is 2.10 bits per heavy atom. The van der Waals surface area contributed by atoms with Crippen molar-refractivity contribution in [1.29, 1.82) is 0 Å². The van der Waals surface area contributed by atoms with Crippen LogP contribution in [0.4, 0.5) is 0 Å². The number of nitrogens with one attached hydrogen (secondary N) is 3. The number of aliphatic imine (C=N–C) groups is 1. The molecule has 0 aliphatic heterocycles. The lowest BCUT2D eigenvalue weighted by molar-refractivity contribution is 0.582. The molecule has 0 aliphatic rings. The van der Waals surface area contributed by atoms with E-state index in [9.17, 15) is 8.42 Å². The van der Waals surface area contributed by atoms with Gasteiger partial charge in [-0.1, -0.05) is 19.4 Å². The smallest absolute Gasteiger partial charge is 0.250 e. The van der Waals surface area contributed by atoms with Crippen molar-refractivity contribution in [2.24, 2.45) is 4.99 Å². The molecule has 0 amide bonds. The highest BCUT2D eigenvalue weighted by molar-refractivity contribution is 7.91. The van der Waals surface area contributed by atoms with Gasteiger partial charge in [-0.3, -0.25) is 4.99 Å². The number of hydrogen-bond acceptors (Lipinski definition) is 4. The standard InChI is InChI=1S/C13H24N4O2S2/c1-3-5-8-15-13(14-4-2)16-9-10-17-21(18,19)12-7-6-11-20-12/h6-7,11,17H,3-5,8-10H2,1-2H3,(H2,14,15,16). The van der Waals surface area contributed by atoms with Crippen molar-refractivity contribution in [1.82, 2.24) is 15.4 Å². The van der Waals surface area contributed by atoms with Crippen molar-refractivity contribution >= 4 is 27.3 Å². The van der Waals surface area contributed by atoms with Gasteiger partial charge in [-0.2, -0.15) is 0 Å². The summed E-state index contributed by atoms with van der Waals surface area (Å²) in [6, 6.07) is 3.32. The van der Waals surface area contributed by atoms with Gasteiger partial charge in [-0.05, 0) is 24.8 Å². The molecular formula is C13H24N4O2S2. The predicted octanol–water partition coefficient (Wildman–Crippen LogP) is 1.38. The fourth-order valence-electron chi connectivity index (χ4n) is 1.54. The zero-order valence-electron chi connectivity index (χ0n) is 12.6. The molecule has 0 aromatic carbocycles. The number of thiophene rings is 1. The summed E-state index contributed by atoms with van der Waals surface area (Å²) in [5.74, 6) is 0.723. The number of sulfonamides is 1. The topological polar surface area (TPSA) is 82.6 Å². The Balaban J connectivity index is 2.35. The van der Waals surface area contributed by atoms with E-state index in [0.717, 1.165) is 31.9 Å². The predicted molar refractivity (Wildman–Crippen MR) is 88.4 cm³/mol. The van der Waals surface area contributed by atoms with Crippen LogP contribution in [0.5, 0.6) is 0 Å². The minimum absolute atomic E-state index is 0.318. The first-order valence-corrected chi connectivity index (χ1v) is 9.51. The van der Waals surface area contributed by atoms with Gasteiger partial charge in [0, 0.05) is 26.2 Å². The van der Waals surface area contributed by atoms with Gasteiger partial charge in [0.15, 0.2) is 5.96 Å². The van der Waals surface area contributed by atoms with E-state index in [2.05, 4.69) is 27.3 Å². The Hall–Kier alpha value is -1.12. The maximum atomic E-state index is 11.9. The molecule has 1 heterocycles. The Labute approximate surface area is 131 Å². The fraction of sp³-hybridized carbons (Fsp3) is 0.615. The molecule has 0 saturated heterocycles. The third-order valence-electron chi connectivity index (χ3n) is 2.60. The molecule has 3 N–H and O–H groups in total. The summed E-state index contributed by atoms with van der Waals surface area (Å²) in [7, 11) is -3.38. The molecular weight excluding hydrogens is 308 g/mol. The second kappa shape index (κ2) is 9.75.